The van der Waals surface area contributed by atoms with E-state index in [1.807, 2.05) is 24.3 Å². The van der Waals surface area contributed by atoms with Gasteiger partial charge in [0.2, 0.25) is 0 Å². The Hall–Kier alpha value is -1.49. The fourth-order valence-corrected chi connectivity index (χ4v) is 3.98. The van der Waals surface area contributed by atoms with Crippen LogP contribution in [-0.2, 0) is 4.79 Å². The van der Waals surface area contributed by atoms with Gasteiger partial charge in [0, 0.05) is 5.25 Å². The van der Waals surface area contributed by atoms with E-state index in [1.165, 1.54) is 11.8 Å². The van der Waals surface area contributed by atoms with Crippen LogP contribution in [0.2, 0.25) is 0 Å². The molecule has 0 radical (unpaired) electrons. The molecule has 0 bridgehead atoms. The Balaban J connectivity index is 1.81. The quantitative estimate of drug-likeness (QED) is 0.867. The largest absolute Gasteiger partial charge is 0.481 e. The molecule has 1 saturated carbocycles. The zero-order valence-corrected chi connectivity index (χ0v) is 11.9. The van der Waals surface area contributed by atoms with E-state index in [0.717, 1.165) is 43.2 Å². The van der Waals surface area contributed by atoms with E-state index in [0.29, 0.717) is 5.22 Å². The van der Waals surface area contributed by atoms with Gasteiger partial charge in [0.15, 0.2) is 5.58 Å². The monoisotopic (exact) mass is 291 g/mol. The van der Waals surface area contributed by atoms with Gasteiger partial charge in [-0.15, -0.1) is 0 Å². The molecule has 5 heteroatoms. The minimum Gasteiger partial charge on any atom is -0.481 e. The van der Waals surface area contributed by atoms with Crippen LogP contribution in [0.4, 0.5) is 0 Å². The highest BCUT2D eigenvalue weighted by Crippen LogP contribution is 2.37. The van der Waals surface area contributed by atoms with Gasteiger partial charge in [0.05, 0.1) is 5.92 Å². The number of para-hydroxylation sites is 2. The molecule has 2 atom stereocenters. The molecule has 1 aliphatic rings. The van der Waals surface area contributed by atoms with Crippen LogP contribution < -0.4 is 0 Å². The summed E-state index contributed by atoms with van der Waals surface area (Å²) in [7, 11) is 0. The lowest BCUT2D eigenvalue weighted by Crippen LogP contribution is -2.24. The molecule has 106 valence electrons. The second-order valence-electron chi connectivity index (χ2n) is 5.19. The van der Waals surface area contributed by atoms with Crippen molar-refractivity contribution in [3.05, 3.63) is 24.3 Å². The minimum absolute atomic E-state index is 0.0584. The smallest absolute Gasteiger partial charge is 0.307 e. The summed E-state index contributed by atoms with van der Waals surface area (Å²) in [5.74, 6) is -0.988. The highest BCUT2D eigenvalue weighted by molar-refractivity contribution is 7.99. The molecule has 0 saturated heterocycles. The predicted molar refractivity (Wildman–Crippen MR) is 77.9 cm³/mol. The normalized spacial score (nSPS) is 23.6. The number of hydrogen-bond acceptors (Lipinski definition) is 4. The first-order valence-corrected chi connectivity index (χ1v) is 7.87. The molecular formula is C15H17NO3S. The molecule has 1 aliphatic carbocycles. The number of nitrogens with zero attached hydrogens (tertiary/aromatic N) is 1. The SMILES string of the molecule is O=C(O)C1CCCCCC1Sc1nc2ccccc2o1. The first-order chi connectivity index (χ1) is 9.74. The Morgan fingerprint density at radius 3 is 2.85 bits per heavy atom. The second-order valence-corrected chi connectivity index (χ2v) is 6.38. The molecule has 2 unspecified atom stereocenters. The number of aliphatic carboxylic acids is 1. The molecule has 2 aromatic rings. The van der Waals surface area contributed by atoms with Crippen molar-refractivity contribution in [1.82, 2.24) is 4.98 Å². The second kappa shape index (κ2) is 5.87. The maximum absolute atomic E-state index is 11.4. The van der Waals surface area contributed by atoms with E-state index in [9.17, 15) is 9.90 Å². The summed E-state index contributed by atoms with van der Waals surface area (Å²) in [6.07, 6.45) is 4.88. The topological polar surface area (TPSA) is 63.3 Å². The summed E-state index contributed by atoms with van der Waals surface area (Å²) >= 11 is 1.48. The van der Waals surface area contributed by atoms with Crippen LogP contribution in [0.25, 0.3) is 11.1 Å². The third-order valence-corrected chi connectivity index (χ3v) is 5.04. The van der Waals surface area contributed by atoms with Gasteiger partial charge >= 0.3 is 5.97 Å². The van der Waals surface area contributed by atoms with Crippen molar-refractivity contribution in [3.8, 4) is 0 Å². The molecular weight excluding hydrogens is 274 g/mol. The first kappa shape index (κ1) is 13.5. The van der Waals surface area contributed by atoms with Gasteiger partial charge in [-0.05, 0) is 25.0 Å². The lowest BCUT2D eigenvalue weighted by atomic mass is 10.0. The number of carboxylic acid groups (broad SMARTS) is 1. The van der Waals surface area contributed by atoms with Crippen LogP contribution in [0.1, 0.15) is 32.1 Å². The summed E-state index contributed by atoms with van der Waals surface area (Å²) in [5.41, 5.74) is 1.59. The summed E-state index contributed by atoms with van der Waals surface area (Å²) < 4.78 is 5.70. The number of carbonyl (C=O) groups is 1. The number of aromatic nitrogens is 1. The number of carboxylic acids is 1. The molecule has 1 heterocycles. The van der Waals surface area contributed by atoms with E-state index in [4.69, 9.17) is 4.42 Å². The van der Waals surface area contributed by atoms with Crippen LogP contribution >= 0.6 is 11.8 Å². The Morgan fingerprint density at radius 2 is 2.05 bits per heavy atom. The summed E-state index contributed by atoms with van der Waals surface area (Å²) in [6, 6.07) is 7.62. The van der Waals surface area contributed by atoms with Gasteiger partial charge in [0.25, 0.3) is 5.22 Å². The Bertz CT molecular complexity index is 577. The maximum atomic E-state index is 11.4. The van der Waals surface area contributed by atoms with E-state index in [2.05, 4.69) is 4.98 Å². The van der Waals surface area contributed by atoms with Gasteiger partial charge in [-0.25, -0.2) is 4.98 Å². The third kappa shape index (κ3) is 2.82. The van der Waals surface area contributed by atoms with E-state index >= 15 is 0 Å². The zero-order chi connectivity index (χ0) is 13.9. The molecule has 3 rings (SSSR count). The van der Waals surface area contributed by atoms with Crippen LogP contribution in [0.15, 0.2) is 33.9 Å². The molecule has 0 spiro atoms. The van der Waals surface area contributed by atoms with Crippen molar-refractivity contribution >= 4 is 28.8 Å². The first-order valence-electron chi connectivity index (χ1n) is 6.99. The van der Waals surface area contributed by atoms with Crippen molar-refractivity contribution in [2.24, 2.45) is 5.92 Å². The number of thioether (sulfide) groups is 1. The van der Waals surface area contributed by atoms with Gasteiger partial charge < -0.3 is 9.52 Å². The fraction of sp³-hybridized carbons (Fsp3) is 0.467. The van der Waals surface area contributed by atoms with Crippen LogP contribution in [0.5, 0.6) is 0 Å². The number of fused-ring (bicyclic) bond motifs is 1. The van der Waals surface area contributed by atoms with E-state index in [-0.39, 0.29) is 11.2 Å². The summed E-state index contributed by atoms with van der Waals surface area (Å²) in [5, 5.41) is 10.0. The fourth-order valence-electron chi connectivity index (χ4n) is 2.73. The third-order valence-electron chi connectivity index (χ3n) is 3.80. The molecule has 0 aliphatic heterocycles. The molecule has 1 N–H and O–H groups in total. The minimum atomic E-state index is -0.694. The van der Waals surface area contributed by atoms with Crippen molar-refractivity contribution in [2.45, 2.75) is 42.6 Å². The van der Waals surface area contributed by atoms with Crippen molar-refractivity contribution in [2.75, 3.05) is 0 Å². The Kier molecular flexibility index (Phi) is 3.96. The average Bonchev–Trinajstić information content (AvgIpc) is 2.68. The number of oxazole rings is 1. The summed E-state index contributed by atoms with van der Waals surface area (Å²) in [4.78, 5) is 15.9. The molecule has 4 nitrogen and oxygen atoms in total. The number of benzene rings is 1. The number of rotatable bonds is 3. The highest BCUT2D eigenvalue weighted by atomic mass is 32.2. The lowest BCUT2D eigenvalue weighted by Gasteiger charge is -2.18. The van der Waals surface area contributed by atoms with Gasteiger partial charge in [0.1, 0.15) is 5.52 Å². The van der Waals surface area contributed by atoms with Crippen molar-refractivity contribution < 1.29 is 14.3 Å². The van der Waals surface area contributed by atoms with E-state index < -0.39 is 5.97 Å². The van der Waals surface area contributed by atoms with Crippen LogP contribution in [0, 0.1) is 5.92 Å². The van der Waals surface area contributed by atoms with Gasteiger partial charge in [-0.3, -0.25) is 4.79 Å². The molecule has 1 fully saturated rings. The molecule has 1 aromatic carbocycles. The average molecular weight is 291 g/mol. The van der Waals surface area contributed by atoms with E-state index in [1.54, 1.807) is 0 Å². The van der Waals surface area contributed by atoms with Crippen LogP contribution in [-0.4, -0.2) is 21.3 Å². The molecule has 1 aromatic heterocycles. The summed E-state index contributed by atoms with van der Waals surface area (Å²) in [6.45, 7) is 0. The molecule has 0 amide bonds. The Morgan fingerprint density at radius 1 is 1.25 bits per heavy atom. The molecule has 20 heavy (non-hydrogen) atoms. The Labute approximate surface area is 121 Å². The number of hydrogen-bond donors (Lipinski definition) is 1. The van der Waals surface area contributed by atoms with Crippen molar-refractivity contribution in [3.63, 3.8) is 0 Å². The maximum Gasteiger partial charge on any atom is 0.307 e. The van der Waals surface area contributed by atoms with Crippen molar-refractivity contribution in [1.29, 1.82) is 0 Å². The zero-order valence-electron chi connectivity index (χ0n) is 11.1. The predicted octanol–water partition coefficient (Wildman–Crippen LogP) is 3.95. The standard InChI is InChI=1S/C15H17NO3S/c17-14(18)10-6-2-1-3-9-13(10)20-15-16-11-7-4-5-8-12(11)19-15/h4-5,7-8,10,13H,1-3,6,9H2,(H,17,18). The van der Waals surface area contributed by atoms with Gasteiger partial charge in [-0.2, -0.15) is 0 Å². The highest BCUT2D eigenvalue weighted by Gasteiger charge is 2.31. The lowest BCUT2D eigenvalue weighted by molar-refractivity contribution is -0.141. The van der Waals surface area contributed by atoms with Crippen LogP contribution in [0.3, 0.4) is 0 Å². The van der Waals surface area contributed by atoms with Gasteiger partial charge in [-0.1, -0.05) is 43.2 Å².